The van der Waals surface area contributed by atoms with Crippen molar-refractivity contribution in [2.24, 2.45) is 5.84 Å². The number of hydrogen-bond donors (Lipinski definition) is 2. The number of hydrogen-bond acceptors (Lipinski definition) is 5. The van der Waals surface area contributed by atoms with E-state index in [4.69, 9.17) is 5.84 Å². The maximum Gasteiger partial charge on any atom is 0.147 e. The van der Waals surface area contributed by atoms with E-state index < -0.39 is 0 Å². The van der Waals surface area contributed by atoms with Gasteiger partial charge in [-0.15, -0.1) is 11.8 Å². The van der Waals surface area contributed by atoms with Crippen molar-refractivity contribution in [3.8, 4) is 0 Å². The molecule has 1 rings (SSSR count). The first kappa shape index (κ1) is 10.3. The maximum atomic E-state index is 5.35. The highest BCUT2D eigenvalue weighted by Crippen LogP contribution is 2.22. The number of nitrogens with one attached hydrogen (secondary N) is 1. The minimum Gasteiger partial charge on any atom is -0.308 e. The molecule has 0 saturated carbocycles. The Kier molecular flexibility index (Phi) is 3.50. The van der Waals surface area contributed by atoms with Gasteiger partial charge in [-0.25, -0.2) is 15.8 Å². The molecule has 0 aliphatic heterocycles. The summed E-state index contributed by atoms with van der Waals surface area (Å²) in [5, 5.41) is 0.986. The van der Waals surface area contributed by atoms with Crippen LogP contribution in [0.25, 0.3) is 0 Å². The molecule has 0 fully saturated rings. The van der Waals surface area contributed by atoms with E-state index in [9.17, 15) is 0 Å². The fourth-order valence-corrected chi connectivity index (χ4v) is 1.64. The van der Waals surface area contributed by atoms with Gasteiger partial charge in [-0.1, -0.05) is 6.92 Å². The van der Waals surface area contributed by atoms with E-state index in [2.05, 4.69) is 15.4 Å². The quantitative estimate of drug-likeness (QED) is 0.332. The third-order valence-electron chi connectivity index (χ3n) is 1.79. The Morgan fingerprint density at radius 1 is 1.46 bits per heavy atom. The lowest BCUT2D eigenvalue weighted by Gasteiger charge is -2.08. The number of hydrazine groups is 1. The van der Waals surface area contributed by atoms with Gasteiger partial charge < -0.3 is 5.43 Å². The van der Waals surface area contributed by atoms with Crippen LogP contribution < -0.4 is 11.3 Å². The van der Waals surface area contributed by atoms with Crippen LogP contribution in [-0.2, 0) is 6.42 Å². The number of rotatable bonds is 3. The topological polar surface area (TPSA) is 63.8 Å². The summed E-state index contributed by atoms with van der Waals surface area (Å²) in [5.41, 5.74) is 3.59. The summed E-state index contributed by atoms with van der Waals surface area (Å²) >= 11 is 1.61. The van der Waals surface area contributed by atoms with E-state index in [0.29, 0.717) is 0 Å². The minimum atomic E-state index is 0.719. The molecule has 4 nitrogen and oxygen atoms in total. The standard InChI is InChI=1S/C8H14N4S/c1-4-6-10-7(12-9)5(2)8(11-6)13-3/h4,9H2,1-3H3,(H,10,11,12). The first-order chi connectivity index (χ1) is 6.22. The highest BCUT2D eigenvalue weighted by Gasteiger charge is 2.07. The predicted molar refractivity (Wildman–Crippen MR) is 55.7 cm³/mol. The van der Waals surface area contributed by atoms with Crippen molar-refractivity contribution < 1.29 is 0 Å². The molecule has 0 saturated heterocycles. The minimum absolute atomic E-state index is 0.719. The van der Waals surface area contributed by atoms with Gasteiger partial charge in [0.2, 0.25) is 0 Å². The summed E-state index contributed by atoms with van der Waals surface area (Å²) < 4.78 is 0. The zero-order valence-corrected chi connectivity index (χ0v) is 8.90. The fraction of sp³-hybridized carbons (Fsp3) is 0.500. The van der Waals surface area contributed by atoms with Crippen molar-refractivity contribution in [1.29, 1.82) is 0 Å². The Morgan fingerprint density at radius 3 is 2.62 bits per heavy atom. The Bertz CT molecular complexity index is 275. The molecule has 0 spiro atoms. The molecule has 0 aliphatic rings. The van der Waals surface area contributed by atoms with Crippen LogP contribution in [0.3, 0.4) is 0 Å². The SMILES string of the molecule is CCc1nc(NN)c(C)c(SC)n1. The van der Waals surface area contributed by atoms with Gasteiger partial charge in [0.05, 0.1) is 0 Å². The molecule has 3 N–H and O–H groups in total. The van der Waals surface area contributed by atoms with E-state index in [1.807, 2.05) is 20.1 Å². The van der Waals surface area contributed by atoms with E-state index in [0.717, 1.165) is 28.7 Å². The molecule has 0 radical (unpaired) electrons. The number of aryl methyl sites for hydroxylation is 1. The molecule has 1 heterocycles. The molecule has 1 aromatic heterocycles. The summed E-state index contributed by atoms with van der Waals surface area (Å²) in [6.07, 6.45) is 2.82. The Labute approximate surface area is 82.3 Å². The zero-order chi connectivity index (χ0) is 9.84. The number of nitrogens with two attached hydrogens (primary N) is 1. The van der Waals surface area contributed by atoms with E-state index in [-0.39, 0.29) is 0 Å². The Balaban J connectivity index is 3.20. The van der Waals surface area contributed by atoms with Crippen LogP contribution in [-0.4, -0.2) is 16.2 Å². The second-order valence-electron chi connectivity index (χ2n) is 2.62. The number of anilines is 1. The number of thioether (sulfide) groups is 1. The van der Waals surface area contributed by atoms with Crippen LogP contribution in [0.15, 0.2) is 5.03 Å². The molecule has 0 atom stereocenters. The van der Waals surface area contributed by atoms with Gasteiger partial charge in [0.15, 0.2) is 0 Å². The molecule has 0 aliphatic carbocycles. The molecule has 5 heteroatoms. The van der Waals surface area contributed by atoms with E-state index >= 15 is 0 Å². The molecular formula is C8H14N4S. The Morgan fingerprint density at radius 2 is 2.15 bits per heavy atom. The molecule has 72 valence electrons. The van der Waals surface area contributed by atoms with Gasteiger partial charge in [-0.05, 0) is 13.2 Å². The highest BCUT2D eigenvalue weighted by atomic mass is 32.2. The first-order valence-electron chi connectivity index (χ1n) is 4.11. The second kappa shape index (κ2) is 4.43. The van der Waals surface area contributed by atoms with Crippen LogP contribution in [0.4, 0.5) is 5.82 Å². The first-order valence-corrected chi connectivity index (χ1v) is 5.33. The molecular weight excluding hydrogens is 184 g/mol. The molecule has 0 aromatic carbocycles. The number of aromatic nitrogens is 2. The number of nitrogen functional groups attached to an aromatic ring is 1. The molecule has 0 amide bonds. The maximum absolute atomic E-state index is 5.35. The fourth-order valence-electron chi connectivity index (χ4n) is 1.04. The predicted octanol–water partition coefficient (Wildman–Crippen LogP) is 1.35. The van der Waals surface area contributed by atoms with Crippen LogP contribution in [0.1, 0.15) is 18.3 Å². The van der Waals surface area contributed by atoms with Gasteiger partial charge in [0.1, 0.15) is 16.7 Å². The molecule has 1 aromatic rings. The third kappa shape index (κ3) is 2.10. The van der Waals surface area contributed by atoms with Gasteiger partial charge in [-0.2, -0.15) is 0 Å². The van der Waals surface area contributed by atoms with Crippen molar-refractivity contribution >= 4 is 17.6 Å². The van der Waals surface area contributed by atoms with Gasteiger partial charge in [-0.3, -0.25) is 0 Å². The van der Waals surface area contributed by atoms with Crippen molar-refractivity contribution in [2.45, 2.75) is 25.3 Å². The lowest BCUT2D eigenvalue weighted by Crippen LogP contribution is -2.12. The number of nitrogens with zero attached hydrogens (tertiary/aromatic N) is 2. The van der Waals surface area contributed by atoms with Gasteiger partial charge in [0.25, 0.3) is 0 Å². The van der Waals surface area contributed by atoms with Gasteiger partial charge in [0, 0.05) is 12.0 Å². The smallest absolute Gasteiger partial charge is 0.147 e. The van der Waals surface area contributed by atoms with Crippen LogP contribution >= 0.6 is 11.8 Å². The van der Waals surface area contributed by atoms with Crippen molar-refractivity contribution in [2.75, 3.05) is 11.7 Å². The van der Waals surface area contributed by atoms with Crippen LogP contribution in [0.2, 0.25) is 0 Å². The molecule has 13 heavy (non-hydrogen) atoms. The summed E-state index contributed by atoms with van der Waals surface area (Å²) in [4.78, 5) is 8.63. The van der Waals surface area contributed by atoms with Gasteiger partial charge >= 0.3 is 0 Å². The Hall–Kier alpha value is -0.810. The summed E-state index contributed by atoms with van der Waals surface area (Å²) in [6.45, 7) is 3.98. The summed E-state index contributed by atoms with van der Waals surface area (Å²) in [7, 11) is 0. The van der Waals surface area contributed by atoms with Crippen LogP contribution in [0, 0.1) is 6.92 Å². The van der Waals surface area contributed by atoms with E-state index in [1.54, 1.807) is 11.8 Å². The summed E-state index contributed by atoms with van der Waals surface area (Å²) in [6, 6.07) is 0. The monoisotopic (exact) mass is 198 g/mol. The lowest BCUT2D eigenvalue weighted by molar-refractivity contribution is 0.872. The largest absolute Gasteiger partial charge is 0.308 e. The lowest BCUT2D eigenvalue weighted by atomic mass is 10.3. The summed E-state index contributed by atoms with van der Waals surface area (Å²) in [5.74, 6) is 6.89. The van der Waals surface area contributed by atoms with Crippen LogP contribution in [0.5, 0.6) is 0 Å². The third-order valence-corrected chi connectivity index (χ3v) is 2.58. The van der Waals surface area contributed by atoms with Crippen molar-refractivity contribution in [1.82, 2.24) is 9.97 Å². The van der Waals surface area contributed by atoms with E-state index in [1.165, 1.54) is 0 Å². The van der Waals surface area contributed by atoms with Crippen molar-refractivity contribution in [3.05, 3.63) is 11.4 Å². The normalized spacial score (nSPS) is 10.2. The second-order valence-corrected chi connectivity index (χ2v) is 3.42. The zero-order valence-electron chi connectivity index (χ0n) is 8.09. The highest BCUT2D eigenvalue weighted by molar-refractivity contribution is 7.98. The molecule has 0 bridgehead atoms. The average Bonchev–Trinajstić information content (AvgIpc) is 2.18. The molecule has 0 unspecified atom stereocenters. The average molecular weight is 198 g/mol. The van der Waals surface area contributed by atoms with Crippen molar-refractivity contribution in [3.63, 3.8) is 0 Å².